The lowest BCUT2D eigenvalue weighted by molar-refractivity contribution is 0.112. The van der Waals surface area contributed by atoms with Crippen molar-refractivity contribution < 1.29 is 19.0 Å². The third-order valence-corrected chi connectivity index (χ3v) is 2.61. The number of halogens is 1. The van der Waals surface area contributed by atoms with E-state index < -0.39 is 5.82 Å². The molecule has 0 radical (unpaired) electrons. The molecule has 98 valence electrons. The molecule has 2 aromatic carbocycles. The molecule has 2 rings (SSSR count). The number of aliphatic hydroxyl groups is 1. The van der Waals surface area contributed by atoms with Gasteiger partial charge in [0.1, 0.15) is 23.6 Å². The Labute approximate surface area is 110 Å². The van der Waals surface area contributed by atoms with Crippen LogP contribution in [0.2, 0.25) is 0 Å². The summed E-state index contributed by atoms with van der Waals surface area (Å²) in [6, 6.07) is 11.0. The van der Waals surface area contributed by atoms with Gasteiger partial charge in [-0.3, -0.25) is 4.79 Å². The Hall–Kier alpha value is -2.20. The van der Waals surface area contributed by atoms with Gasteiger partial charge in [-0.25, -0.2) is 4.39 Å². The number of carbonyl (C=O) groups excluding carboxylic acids is 1. The standard InChI is InChI=1S/C15H13FO3/c16-13-7-11(10-18)8-14(9-13)19-15-4-2-1-3-12(15)5-6-17/h1-4,7-10,17H,5-6H2. The summed E-state index contributed by atoms with van der Waals surface area (Å²) < 4.78 is 18.9. The molecular formula is C15H13FO3. The number of benzene rings is 2. The fourth-order valence-corrected chi connectivity index (χ4v) is 1.77. The fraction of sp³-hybridized carbons (Fsp3) is 0.133. The van der Waals surface area contributed by atoms with Gasteiger partial charge in [-0.05, 0) is 30.2 Å². The minimum absolute atomic E-state index is 0.00309. The molecular weight excluding hydrogens is 247 g/mol. The molecule has 0 bridgehead atoms. The van der Waals surface area contributed by atoms with E-state index in [2.05, 4.69) is 0 Å². The Morgan fingerprint density at radius 2 is 2.00 bits per heavy atom. The van der Waals surface area contributed by atoms with Crippen molar-refractivity contribution in [3.05, 3.63) is 59.4 Å². The average Bonchev–Trinajstić information content (AvgIpc) is 2.40. The first kappa shape index (κ1) is 13.2. The summed E-state index contributed by atoms with van der Waals surface area (Å²) in [7, 11) is 0. The maximum absolute atomic E-state index is 13.3. The fourth-order valence-electron chi connectivity index (χ4n) is 1.77. The molecule has 0 saturated carbocycles. The van der Waals surface area contributed by atoms with E-state index in [1.807, 2.05) is 12.1 Å². The Balaban J connectivity index is 2.30. The average molecular weight is 260 g/mol. The van der Waals surface area contributed by atoms with E-state index in [4.69, 9.17) is 9.84 Å². The number of para-hydroxylation sites is 1. The van der Waals surface area contributed by atoms with Gasteiger partial charge in [-0.2, -0.15) is 0 Å². The highest BCUT2D eigenvalue weighted by Gasteiger charge is 2.06. The predicted molar refractivity (Wildman–Crippen MR) is 69.1 cm³/mol. The number of carbonyl (C=O) groups is 1. The van der Waals surface area contributed by atoms with Crippen LogP contribution in [0, 0.1) is 5.82 Å². The topological polar surface area (TPSA) is 46.5 Å². The number of hydrogen-bond acceptors (Lipinski definition) is 3. The normalized spacial score (nSPS) is 10.2. The van der Waals surface area contributed by atoms with Gasteiger partial charge in [0.2, 0.25) is 0 Å². The summed E-state index contributed by atoms with van der Waals surface area (Å²) in [6.07, 6.45) is 1.02. The smallest absolute Gasteiger partial charge is 0.150 e. The Morgan fingerprint density at radius 1 is 1.21 bits per heavy atom. The summed E-state index contributed by atoms with van der Waals surface area (Å²) in [6.45, 7) is 0.00309. The molecule has 0 aliphatic carbocycles. The maximum Gasteiger partial charge on any atom is 0.150 e. The van der Waals surface area contributed by atoms with Crippen molar-refractivity contribution >= 4 is 6.29 Å². The van der Waals surface area contributed by atoms with Crippen molar-refractivity contribution in [1.29, 1.82) is 0 Å². The highest BCUT2D eigenvalue weighted by molar-refractivity contribution is 5.75. The zero-order valence-corrected chi connectivity index (χ0v) is 10.2. The van der Waals surface area contributed by atoms with Crippen LogP contribution in [0.3, 0.4) is 0 Å². The van der Waals surface area contributed by atoms with E-state index in [0.29, 0.717) is 18.5 Å². The van der Waals surface area contributed by atoms with Crippen LogP contribution in [0.1, 0.15) is 15.9 Å². The van der Waals surface area contributed by atoms with Crippen LogP contribution in [0.25, 0.3) is 0 Å². The Morgan fingerprint density at radius 3 is 2.74 bits per heavy atom. The summed E-state index contributed by atoms with van der Waals surface area (Å²) in [5, 5.41) is 8.97. The SMILES string of the molecule is O=Cc1cc(F)cc(Oc2ccccc2CCO)c1. The van der Waals surface area contributed by atoms with E-state index >= 15 is 0 Å². The molecule has 0 atom stereocenters. The van der Waals surface area contributed by atoms with Crippen LogP contribution in [0.15, 0.2) is 42.5 Å². The first-order valence-corrected chi connectivity index (χ1v) is 5.85. The van der Waals surface area contributed by atoms with Crippen LogP contribution in [0.4, 0.5) is 4.39 Å². The monoisotopic (exact) mass is 260 g/mol. The lowest BCUT2D eigenvalue weighted by atomic mass is 10.1. The molecule has 0 amide bonds. The van der Waals surface area contributed by atoms with E-state index in [9.17, 15) is 9.18 Å². The third kappa shape index (κ3) is 3.39. The maximum atomic E-state index is 13.3. The second-order valence-electron chi connectivity index (χ2n) is 4.02. The van der Waals surface area contributed by atoms with E-state index in [1.165, 1.54) is 12.1 Å². The molecule has 0 aromatic heterocycles. The molecule has 0 fully saturated rings. The van der Waals surface area contributed by atoms with Gasteiger partial charge in [0.05, 0.1) is 0 Å². The largest absolute Gasteiger partial charge is 0.457 e. The lowest BCUT2D eigenvalue weighted by Gasteiger charge is -2.10. The van der Waals surface area contributed by atoms with Crippen molar-refractivity contribution in [3.8, 4) is 11.5 Å². The summed E-state index contributed by atoms with van der Waals surface area (Å²) in [5.74, 6) is 0.269. The number of rotatable bonds is 5. The van der Waals surface area contributed by atoms with Crippen LogP contribution in [0.5, 0.6) is 11.5 Å². The van der Waals surface area contributed by atoms with Crippen molar-refractivity contribution in [3.63, 3.8) is 0 Å². The number of aldehydes is 1. The van der Waals surface area contributed by atoms with Crippen LogP contribution >= 0.6 is 0 Å². The Kier molecular flexibility index (Phi) is 4.26. The van der Waals surface area contributed by atoms with Crippen LogP contribution in [-0.4, -0.2) is 18.0 Å². The van der Waals surface area contributed by atoms with E-state index in [-0.39, 0.29) is 17.9 Å². The molecule has 19 heavy (non-hydrogen) atoms. The zero-order chi connectivity index (χ0) is 13.7. The van der Waals surface area contributed by atoms with Crippen molar-refractivity contribution in [1.82, 2.24) is 0 Å². The van der Waals surface area contributed by atoms with E-state index in [0.717, 1.165) is 11.6 Å². The molecule has 0 unspecified atom stereocenters. The van der Waals surface area contributed by atoms with E-state index in [1.54, 1.807) is 12.1 Å². The van der Waals surface area contributed by atoms with Crippen molar-refractivity contribution in [2.45, 2.75) is 6.42 Å². The molecule has 0 heterocycles. The first-order chi connectivity index (χ1) is 9.22. The van der Waals surface area contributed by atoms with Crippen molar-refractivity contribution in [2.24, 2.45) is 0 Å². The van der Waals surface area contributed by atoms with Gasteiger partial charge in [0, 0.05) is 18.2 Å². The second-order valence-corrected chi connectivity index (χ2v) is 4.02. The second kappa shape index (κ2) is 6.11. The molecule has 0 spiro atoms. The van der Waals surface area contributed by atoms with Crippen LogP contribution < -0.4 is 4.74 Å². The molecule has 3 nitrogen and oxygen atoms in total. The molecule has 0 aliphatic rings. The van der Waals surface area contributed by atoms with Crippen LogP contribution in [-0.2, 0) is 6.42 Å². The first-order valence-electron chi connectivity index (χ1n) is 5.85. The highest BCUT2D eigenvalue weighted by atomic mass is 19.1. The van der Waals surface area contributed by atoms with Gasteiger partial charge in [-0.15, -0.1) is 0 Å². The molecule has 4 heteroatoms. The van der Waals surface area contributed by atoms with Gasteiger partial charge in [0.15, 0.2) is 0 Å². The molecule has 2 aromatic rings. The minimum Gasteiger partial charge on any atom is -0.457 e. The van der Waals surface area contributed by atoms with Gasteiger partial charge >= 0.3 is 0 Å². The summed E-state index contributed by atoms with van der Waals surface area (Å²) in [4.78, 5) is 10.7. The van der Waals surface area contributed by atoms with Gasteiger partial charge in [-0.1, -0.05) is 18.2 Å². The quantitative estimate of drug-likeness (QED) is 0.841. The lowest BCUT2D eigenvalue weighted by Crippen LogP contribution is -1.96. The minimum atomic E-state index is -0.528. The third-order valence-electron chi connectivity index (χ3n) is 2.61. The molecule has 0 aliphatic heterocycles. The van der Waals surface area contributed by atoms with Crippen molar-refractivity contribution in [2.75, 3.05) is 6.61 Å². The number of aliphatic hydroxyl groups excluding tert-OH is 1. The number of hydrogen-bond donors (Lipinski definition) is 1. The number of ether oxygens (including phenoxy) is 1. The summed E-state index contributed by atoms with van der Waals surface area (Å²) >= 11 is 0. The van der Waals surface area contributed by atoms with Gasteiger partial charge < -0.3 is 9.84 Å². The molecule has 1 N–H and O–H groups in total. The zero-order valence-electron chi connectivity index (χ0n) is 10.2. The highest BCUT2D eigenvalue weighted by Crippen LogP contribution is 2.26. The van der Waals surface area contributed by atoms with Gasteiger partial charge in [0.25, 0.3) is 0 Å². The predicted octanol–water partition coefficient (Wildman–Crippen LogP) is 2.97. The molecule has 0 saturated heterocycles. The Bertz CT molecular complexity index is 581. The summed E-state index contributed by atoms with van der Waals surface area (Å²) in [5.41, 5.74) is 1.04.